The molecule has 0 radical (unpaired) electrons. The molecule has 0 bridgehead atoms. The van der Waals surface area contributed by atoms with Gasteiger partial charge in [-0.2, -0.15) is 9.78 Å². The number of carbonyl (C=O) groups excluding carboxylic acids is 1. The third kappa shape index (κ3) is 3.18. The SMILES string of the molecule is CC1(N)OO1.CC1=C(C(=O)O)N2C(=O)C(c3ccccc3)[C@@H]2SC1. The van der Waals surface area contributed by atoms with Gasteiger partial charge in [0.15, 0.2) is 0 Å². The molecular formula is C16H18N2O5S. The highest BCUT2D eigenvalue weighted by Gasteiger charge is 2.53. The Bertz CT molecular complexity index is 698. The molecular weight excluding hydrogens is 332 g/mol. The van der Waals surface area contributed by atoms with E-state index in [-0.39, 0.29) is 22.9 Å². The van der Waals surface area contributed by atoms with Crippen molar-refractivity contribution in [1.29, 1.82) is 0 Å². The molecule has 2 saturated heterocycles. The lowest BCUT2D eigenvalue weighted by Gasteiger charge is -2.49. The van der Waals surface area contributed by atoms with Gasteiger partial charge in [-0.05, 0) is 18.1 Å². The highest BCUT2D eigenvalue weighted by atomic mass is 32.2. The minimum atomic E-state index is -1.01. The van der Waals surface area contributed by atoms with Crippen molar-refractivity contribution in [2.24, 2.45) is 5.73 Å². The Labute approximate surface area is 143 Å². The van der Waals surface area contributed by atoms with Gasteiger partial charge in [-0.25, -0.2) is 4.79 Å². The summed E-state index contributed by atoms with van der Waals surface area (Å²) in [6.07, 6.45) is 0. The van der Waals surface area contributed by atoms with Gasteiger partial charge in [-0.3, -0.25) is 15.4 Å². The second kappa shape index (κ2) is 6.21. The maximum atomic E-state index is 12.3. The topological polar surface area (TPSA) is 109 Å². The predicted molar refractivity (Wildman–Crippen MR) is 87.4 cm³/mol. The van der Waals surface area contributed by atoms with Crippen molar-refractivity contribution >= 4 is 23.6 Å². The van der Waals surface area contributed by atoms with E-state index in [1.807, 2.05) is 30.3 Å². The molecule has 1 unspecified atom stereocenters. The van der Waals surface area contributed by atoms with Crippen molar-refractivity contribution in [3.63, 3.8) is 0 Å². The van der Waals surface area contributed by atoms with Gasteiger partial charge in [0.1, 0.15) is 5.70 Å². The lowest BCUT2D eigenvalue weighted by molar-refractivity contribution is -0.148. The number of nitrogens with zero attached hydrogens (tertiary/aromatic N) is 1. The van der Waals surface area contributed by atoms with E-state index in [1.54, 1.807) is 25.6 Å². The third-order valence-corrected chi connectivity index (χ3v) is 5.29. The highest BCUT2D eigenvalue weighted by molar-refractivity contribution is 8.00. The maximum Gasteiger partial charge on any atom is 0.352 e. The predicted octanol–water partition coefficient (Wildman–Crippen LogP) is 1.62. The molecule has 7 nitrogen and oxygen atoms in total. The standard InChI is InChI=1S/C14H13NO3S.C2H5NO2/c1-8-7-19-13-10(9-5-3-2-4-6-9)12(16)15(13)11(8)14(17)18;1-2(3)4-5-2/h2-6,10,13H,7H2,1H3,(H,17,18);3H2,1H3/t10?,13-;/m0./s1. The van der Waals surface area contributed by atoms with Crippen LogP contribution in [0.1, 0.15) is 25.3 Å². The van der Waals surface area contributed by atoms with Crippen LogP contribution in [0.25, 0.3) is 0 Å². The fraction of sp³-hybridized carbons (Fsp3) is 0.375. The molecule has 8 heteroatoms. The lowest BCUT2D eigenvalue weighted by atomic mass is 9.88. The number of nitrogens with two attached hydrogens (primary N) is 1. The summed E-state index contributed by atoms with van der Waals surface area (Å²) in [7, 11) is 0. The molecule has 2 fully saturated rings. The van der Waals surface area contributed by atoms with Crippen LogP contribution in [0.15, 0.2) is 41.6 Å². The Balaban J connectivity index is 0.000000290. The number of hydrogen-bond donors (Lipinski definition) is 2. The summed E-state index contributed by atoms with van der Waals surface area (Å²) < 4.78 is 0. The van der Waals surface area contributed by atoms with Crippen LogP contribution in [0.3, 0.4) is 0 Å². The van der Waals surface area contributed by atoms with Crippen LogP contribution in [0, 0.1) is 0 Å². The van der Waals surface area contributed by atoms with E-state index in [4.69, 9.17) is 5.73 Å². The van der Waals surface area contributed by atoms with Crippen molar-refractivity contribution in [2.45, 2.75) is 31.1 Å². The van der Waals surface area contributed by atoms with Crippen LogP contribution in [-0.4, -0.2) is 38.9 Å². The number of carboxylic acids is 1. The van der Waals surface area contributed by atoms with Crippen molar-refractivity contribution in [3.8, 4) is 0 Å². The van der Waals surface area contributed by atoms with Crippen molar-refractivity contribution in [3.05, 3.63) is 47.2 Å². The molecule has 3 N–H and O–H groups in total. The molecule has 1 aromatic rings. The van der Waals surface area contributed by atoms with E-state index in [9.17, 15) is 14.7 Å². The van der Waals surface area contributed by atoms with Gasteiger partial charge < -0.3 is 5.11 Å². The van der Waals surface area contributed by atoms with Crippen LogP contribution in [0.4, 0.5) is 0 Å². The zero-order valence-corrected chi connectivity index (χ0v) is 14.1. The van der Waals surface area contributed by atoms with Gasteiger partial charge in [-0.1, -0.05) is 30.3 Å². The molecule has 3 aliphatic rings. The summed E-state index contributed by atoms with van der Waals surface area (Å²) in [4.78, 5) is 33.3. The van der Waals surface area contributed by atoms with Crippen molar-refractivity contribution in [2.75, 3.05) is 5.75 Å². The number of carboxylic acid groups (broad SMARTS) is 1. The van der Waals surface area contributed by atoms with E-state index >= 15 is 0 Å². The Hall–Kier alpha value is -1.87. The molecule has 1 aromatic carbocycles. The number of β-lactam (4-membered cyclic amide) rings is 1. The largest absolute Gasteiger partial charge is 0.477 e. The Morgan fingerprint density at radius 1 is 1.38 bits per heavy atom. The number of benzene rings is 1. The number of rotatable bonds is 2. The molecule has 3 heterocycles. The average molecular weight is 350 g/mol. The lowest BCUT2D eigenvalue weighted by Crippen LogP contribution is -2.59. The molecule has 0 aliphatic carbocycles. The Morgan fingerprint density at radius 3 is 2.46 bits per heavy atom. The van der Waals surface area contributed by atoms with E-state index in [1.165, 1.54) is 4.90 Å². The van der Waals surface area contributed by atoms with Gasteiger partial charge >= 0.3 is 5.97 Å². The van der Waals surface area contributed by atoms with Gasteiger partial charge in [0.2, 0.25) is 5.91 Å². The summed E-state index contributed by atoms with van der Waals surface area (Å²) >= 11 is 1.63. The van der Waals surface area contributed by atoms with E-state index in [0.717, 1.165) is 11.1 Å². The van der Waals surface area contributed by atoms with Crippen LogP contribution in [0.2, 0.25) is 0 Å². The summed E-state index contributed by atoms with van der Waals surface area (Å²) in [6.45, 7) is 3.41. The van der Waals surface area contributed by atoms with Gasteiger partial charge in [0.05, 0.1) is 11.3 Å². The Kier molecular flexibility index (Phi) is 4.39. The zero-order chi connectivity index (χ0) is 17.5. The molecule has 3 aliphatic heterocycles. The smallest absolute Gasteiger partial charge is 0.352 e. The normalized spacial score (nSPS) is 26.8. The van der Waals surface area contributed by atoms with Crippen LogP contribution in [0.5, 0.6) is 0 Å². The van der Waals surface area contributed by atoms with Gasteiger partial charge in [0, 0.05) is 12.7 Å². The summed E-state index contributed by atoms with van der Waals surface area (Å²) in [5, 5.41) is 9.17. The first-order valence-electron chi connectivity index (χ1n) is 7.40. The van der Waals surface area contributed by atoms with Crippen LogP contribution in [-0.2, 0) is 19.4 Å². The molecule has 1 amide bonds. The second-order valence-electron chi connectivity index (χ2n) is 5.91. The second-order valence-corrected chi connectivity index (χ2v) is 7.02. The number of carbonyl (C=O) groups is 2. The molecule has 128 valence electrons. The van der Waals surface area contributed by atoms with E-state index in [0.29, 0.717) is 5.75 Å². The Morgan fingerprint density at radius 2 is 1.96 bits per heavy atom. The molecule has 24 heavy (non-hydrogen) atoms. The van der Waals surface area contributed by atoms with Crippen molar-refractivity contribution in [1.82, 2.24) is 4.90 Å². The number of amides is 1. The fourth-order valence-corrected chi connectivity index (χ4v) is 4.06. The van der Waals surface area contributed by atoms with Crippen LogP contribution >= 0.6 is 11.8 Å². The first kappa shape index (κ1) is 17.0. The molecule has 4 rings (SSSR count). The summed E-state index contributed by atoms with van der Waals surface area (Å²) in [5.41, 5.74) is 6.91. The zero-order valence-electron chi connectivity index (χ0n) is 13.3. The molecule has 2 atom stereocenters. The van der Waals surface area contributed by atoms with Gasteiger partial charge in [0.25, 0.3) is 5.91 Å². The quantitative estimate of drug-likeness (QED) is 0.474. The average Bonchev–Trinajstić information content (AvgIpc) is 3.24. The highest BCUT2D eigenvalue weighted by Crippen LogP contribution is 2.48. The minimum Gasteiger partial charge on any atom is -0.477 e. The number of fused-ring (bicyclic) bond motifs is 1. The molecule has 0 spiro atoms. The number of hydrogen-bond acceptors (Lipinski definition) is 6. The first-order valence-corrected chi connectivity index (χ1v) is 8.45. The van der Waals surface area contributed by atoms with Crippen molar-refractivity contribution < 1.29 is 24.5 Å². The monoisotopic (exact) mass is 350 g/mol. The minimum absolute atomic E-state index is 0.0790. The maximum absolute atomic E-state index is 12.3. The fourth-order valence-electron chi connectivity index (χ4n) is 2.68. The van der Waals surface area contributed by atoms with Gasteiger partial charge in [-0.15, -0.1) is 11.8 Å². The van der Waals surface area contributed by atoms with E-state index in [2.05, 4.69) is 9.78 Å². The van der Waals surface area contributed by atoms with E-state index < -0.39 is 11.9 Å². The number of aliphatic carboxylic acids is 1. The van der Waals surface area contributed by atoms with Crippen LogP contribution < -0.4 is 5.73 Å². The number of thioether (sulfide) groups is 1. The molecule has 0 aromatic heterocycles. The molecule has 0 saturated carbocycles. The summed E-state index contributed by atoms with van der Waals surface area (Å²) in [6, 6.07) is 9.55. The summed E-state index contributed by atoms with van der Waals surface area (Å²) in [5.74, 6) is -1.42. The third-order valence-electron chi connectivity index (χ3n) is 3.87. The first-order chi connectivity index (χ1) is 11.3.